The largest absolute Gasteiger partial charge is 0.487 e. The van der Waals surface area contributed by atoms with Gasteiger partial charge in [-0.2, -0.15) is 4.39 Å². The van der Waals surface area contributed by atoms with Gasteiger partial charge in [0.15, 0.2) is 11.6 Å². The maximum absolute atomic E-state index is 13.5. The molecule has 1 fully saturated rings. The zero-order valence-corrected chi connectivity index (χ0v) is 11.5. The summed E-state index contributed by atoms with van der Waals surface area (Å²) < 4.78 is 32.3. The van der Waals surface area contributed by atoms with Crippen molar-refractivity contribution in [3.05, 3.63) is 28.2 Å². The third-order valence-electron chi connectivity index (χ3n) is 3.24. The molecule has 0 atom stereocenters. The van der Waals surface area contributed by atoms with E-state index in [1.807, 2.05) is 0 Å². The number of benzene rings is 1. The molecule has 1 aliphatic rings. The van der Waals surface area contributed by atoms with Crippen LogP contribution in [0.2, 0.25) is 0 Å². The minimum absolute atomic E-state index is 0.000185. The average Bonchev–Trinajstić information content (AvgIpc) is 2.33. The van der Waals surface area contributed by atoms with Gasteiger partial charge >= 0.3 is 0 Å². The van der Waals surface area contributed by atoms with Crippen molar-refractivity contribution < 1.29 is 18.6 Å². The molecule has 1 aliphatic carbocycles. The highest BCUT2D eigenvalue weighted by molar-refractivity contribution is 9.10. The fraction of sp³-hybridized carbons (Fsp3) is 0.538. The smallest absolute Gasteiger partial charge is 0.200 e. The van der Waals surface area contributed by atoms with Crippen LogP contribution in [-0.4, -0.2) is 17.3 Å². The Balaban J connectivity index is 2.05. The fourth-order valence-corrected chi connectivity index (χ4v) is 2.61. The van der Waals surface area contributed by atoms with Gasteiger partial charge in [-0.15, -0.1) is 0 Å². The second-order valence-corrected chi connectivity index (χ2v) is 5.69. The molecule has 100 valence electrons. The van der Waals surface area contributed by atoms with Gasteiger partial charge in [-0.05, 0) is 25.0 Å². The van der Waals surface area contributed by atoms with Crippen molar-refractivity contribution in [1.29, 1.82) is 0 Å². The van der Waals surface area contributed by atoms with Gasteiger partial charge in [0.2, 0.25) is 5.82 Å². The molecule has 0 aromatic heterocycles. The third kappa shape index (κ3) is 3.20. The van der Waals surface area contributed by atoms with Gasteiger partial charge in [-0.25, -0.2) is 4.39 Å². The lowest BCUT2D eigenvalue weighted by Crippen LogP contribution is -2.38. The van der Waals surface area contributed by atoms with Gasteiger partial charge < -0.3 is 9.84 Å². The summed E-state index contributed by atoms with van der Waals surface area (Å²) in [5, 5.41) is 10.2. The Morgan fingerprint density at radius 2 is 1.89 bits per heavy atom. The minimum atomic E-state index is -1.02. The summed E-state index contributed by atoms with van der Waals surface area (Å²) in [5.74, 6) is -2.14. The van der Waals surface area contributed by atoms with E-state index in [0.717, 1.165) is 25.3 Å². The van der Waals surface area contributed by atoms with Crippen LogP contribution >= 0.6 is 15.9 Å². The lowest BCUT2D eigenvalue weighted by Gasteiger charge is -2.31. The monoisotopic (exact) mass is 320 g/mol. The zero-order valence-electron chi connectivity index (χ0n) is 9.89. The molecule has 0 radical (unpaired) electrons. The molecule has 5 heteroatoms. The van der Waals surface area contributed by atoms with Crippen molar-refractivity contribution in [3.8, 4) is 5.75 Å². The number of hydrogen-bond donors (Lipinski definition) is 1. The summed E-state index contributed by atoms with van der Waals surface area (Å²) in [6.45, 7) is -0.000185. The zero-order chi connectivity index (χ0) is 13.2. The molecule has 1 N–H and O–H groups in total. The molecule has 1 aromatic rings. The Bertz CT molecular complexity index is 431. The van der Waals surface area contributed by atoms with E-state index in [9.17, 15) is 13.9 Å². The molecule has 0 unspecified atom stereocenters. The molecular weight excluding hydrogens is 306 g/mol. The fourth-order valence-electron chi connectivity index (χ4n) is 2.20. The number of hydrogen-bond acceptors (Lipinski definition) is 2. The Kier molecular flexibility index (Phi) is 4.22. The van der Waals surface area contributed by atoms with E-state index in [-0.39, 0.29) is 12.4 Å². The molecule has 18 heavy (non-hydrogen) atoms. The highest BCUT2D eigenvalue weighted by Crippen LogP contribution is 2.30. The number of rotatable bonds is 3. The standard InChI is InChI=1S/C13H15BrF2O2/c14-9-6-10(15)12(16)11(7-9)18-8-13(17)4-2-1-3-5-13/h6-7,17H,1-5,8H2. The molecule has 0 aliphatic heterocycles. The Morgan fingerprint density at radius 3 is 2.56 bits per heavy atom. The van der Waals surface area contributed by atoms with Crippen molar-refractivity contribution in [3.63, 3.8) is 0 Å². The van der Waals surface area contributed by atoms with Crippen LogP contribution in [0.25, 0.3) is 0 Å². The van der Waals surface area contributed by atoms with Crippen molar-refractivity contribution >= 4 is 15.9 Å². The summed E-state index contributed by atoms with van der Waals surface area (Å²) in [4.78, 5) is 0. The predicted octanol–water partition coefficient (Wildman–Crippen LogP) is 3.80. The second kappa shape index (κ2) is 5.53. The first-order chi connectivity index (χ1) is 8.50. The first-order valence-electron chi connectivity index (χ1n) is 6.00. The molecule has 0 spiro atoms. The van der Waals surface area contributed by atoms with Crippen LogP contribution < -0.4 is 4.74 Å². The topological polar surface area (TPSA) is 29.5 Å². The van der Waals surface area contributed by atoms with Crippen LogP contribution in [0.3, 0.4) is 0 Å². The van der Waals surface area contributed by atoms with E-state index < -0.39 is 17.2 Å². The van der Waals surface area contributed by atoms with Crippen molar-refractivity contribution in [2.75, 3.05) is 6.61 Å². The van der Waals surface area contributed by atoms with Crippen LogP contribution in [-0.2, 0) is 0 Å². The summed E-state index contributed by atoms with van der Waals surface area (Å²) >= 11 is 3.08. The van der Waals surface area contributed by atoms with Gasteiger partial charge in [0.1, 0.15) is 6.61 Å². The van der Waals surface area contributed by atoms with Gasteiger partial charge in [-0.1, -0.05) is 35.2 Å². The maximum atomic E-state index is 13.5. The van der Waals surface area contributed by atoms with Crippen molar-refractivity contribution in [2.24, 2.45) is 0 Å². The Labute approximate surface area is 113 Å². The average molecular weight is 321 g/mol. The molecule has 2 rings (SSSR count). The van der Waals surface area contributed by atoms with Crippen LogP contribution in [0.5, 0.6) is 5.75 Å². The summed E-state index contributed by atoms with van der Waals surface area (Å²) in [5.41, 5.74) is -0.913. The lowest BCUT2D eigenvalue weighted by molar-refractivity contribution is -0.0348. The number of ether oxygens (including phenoxy) is 1. The highest BCUT2D eigenvalue weighted by Gasteiger charge is 2.30. The van der Waals surface area contributed by atoms with E-state index in [0.29, 0.717) is 17.3 Å². The number of halogens is 3. The van der Waals surface area contributed by atoms with Crippen molar-refractivity contribution in [2.45, 2.75) is 37.7 Å². The normalized spacial score (nSPS) is 18.7. The van der Waals surface area contributed by atoms with E-state index in [1.54, 1.807) is 0 Å². The van der Waals surface area contributed by atoms with Gasteiger partial charge in [0, 0.05) is 4.47 Å². The van der Waals surface area contributed by atoms with Crippen LogP contribution in [0.15, 0.2) is 16.6 Å². The maximum Gasteiger partial charge on any atom is 0.200 e. The first kappa shape index (κ1) is 13.7. The van der Waals surface area contributed by atoms with Gasteiger partial charge in [0.05, 0.1) is 5.60 Å². The molecule has 0 saturated heterocycles. The van der Waals surface area contributed by atoms with E-state index in [4.69, 9.17) is 4.74 Å². The SMILES string of the molecule is OC1(COc2cc(Br)cc(F)c2F)CCCCC1. The molecule has 0 bridgehead atoms. The molecule has 2 nitrogen and oxygen atoms in total. The summed E-state index contributed by atoms with van der Waals surface area (Å²) in [6, 6.07) is 2.40. The van der Waals surface area contributed by atoms with Crippen LogP contribution in [0.4, 0.5) is 8.78 Å². The summed E-state index contributed by atoms with van der Waals surface area (Å²) in [7, 11) is 0. The molecule has 1 aromatic carbocycles. The molecule has 1 saturated carbocycles. The molecule has 0 amide bonds. The third-order valence-corrected chi connectivity index (χ3v) is 3.70. The predicted molar refractivity (Wildman–Crippen MR) is 67.6 cm³/mol. The van der Waals surface area contributed by atoms with E-state index >= 15 is 0 Å². The Morgan fingerprint density at radius 1 is 1.22 bits per heavy atom. The number of aliphatic hydroxyl groups is 1. The van der Waals surface area contributed by atoms with Gasteiger partial charge in [-0.3, -0.25) is 0 Å². The van der Waals surface area contributed by atoms with Gasteiger partial charge in [0.25, 0.3) is 0 Å². The minimum Gasteiger partial charge on any atom is -0.487 e. The molecule has 0 heterocycles. The van der Waals surface area contributed by atoms with Crippen LogP contribution in [0.1, 0.15) is 32.1 Å². The first-order valence-corrected chi connectivity index (χ1v) is 6.79. The quantitative estimate of drug-likeness (QED) is 0.858. The second-order valence-electron chi connectivity index (χ2n) is 4.77. The van der Waals surface area contributed by atoms with Crippen molar-refractivity contribution in [1.82, 2.24) is 0 Å². The summed E-state index contributed by atoms with van der Waals surface area (Å²) in [6.07, 6.45) is 4.27. The Hall–Kier alpha value is -0.680. The van der Waals surface area contributed by atoms with E-state index in [2.05, 4.69) is 15.9 Å². The van der Waals surface area contributed by atoms with Crippen LogP contribution in [0, 0.1) is 11.6 Å². The van der Waals surface area contributed by atoms with E-state index in [1.165, 1.54) is 6.07 Å². The molecular formula is C13H15BrF2O2. The lowest BCUT2D eigenvalue weighted by atomic mass is 9.85. The highest BCUT2D eigenvalue weighted by atomic mass is 79.9.